The molecule has 0 radical (unpaired) electrons. The fourth-order valence-electron chi connectivity index (χ4n) is 1.95. The van der Waals surface area contributed by atoms with E-state index in [0.29, 0.717) is 12.4 Å². The van der Waals surface area contributed by atoms with E-state index < -0.39 is 0 Å². The quantitative estimate of drug-likeness (QED) is 0.499. The molecule has 80 valence electrons. The number of allylic oxidation sites excluding steroid dienone is 1. The SMILES string of the molecule is CCO/C=C(\CC)C(=O)C1CCCC1. The normalized spacial score (nSPS) is 18.6. The van der Waals surface area contributed by atoms with Crippen molar-refractivity contribution >= 4 is 5.78 Å². The van der Waals surface area contributed by atoms with E-state index in [1.807, 2.05) is 13.8 Å². The van der Waals surface area contributed by atoms with E-state index in [0.717, 1.165) is 24.8 Å². The summed E-state index contributed by atoms with van der Waals surface area (Å²) in [6.07, 6.45) is 7.00. The molecule has 0 bridgehead atoms. The van der Waals surface area contributed by atoms with Crippen molar-refractivity contribution in [3.05, 3.63) is 11.8 Å². The Morgan fingerprint density at radius 1 is 1.36 bits per heavy atom. The van der Waals surface area contributed by atoms with Gasteiger partial charge in [-0.2, -0.15) is 0 Å². The van der Waals surface area contributed by atoms with Crippen molar-refractivity contribution in [2.24, 2.45) is 5.92 Å². The third kappa shape index (κ3) is 2.86. The first-order chi connectivity index (χ1) is 6.79. The lowest BCUT2D eigenvalue weighted by Crippen LogP contribution is -2.13. The van der Waals surface area contributed by atoms with Crippen molar-refractivity contribution < 1.29 is 9.53 Å². The fourth-order valence-corrected chi connectivity index (χ4v) is 1.95. The lowest BCUT2D eigenvalue weighted by Gasteiger charge is -2.09. The Morgan fingerprint density at radius 3 is 2.50 bits per heavy atom. The predicted octanol–water partition coefficient (Wildman–Crippen LogP) is 3.08. The van der Waals surface area contributed by atoms with Crippen LogP contribution in [0.25, 0.3) is 0 Å². The molecule has 0 aromatic heterocycles. The highest BCUT2D eigenvalue weighted by Crippen LogP contribution is 2.28. The molecule has 0 aromatic rings. The summed E-state index contributed by atoms with van der Waals surface area (Å²) in [5, 5.41) is 0. The molecule has 2 nitrogen and oxygen atoms in total. The standard InChI is InChI=1S/C12H20O2/c1-3-10(9-14-4-2)12(13)11-7-5-6-8-11/h9,11H,3-8H2,1-2H3/b10-9+. The fraction of sp³-hybridized carbons (Fsp3) is 0.750. The molecule has 0 saturated heterocycles. The highest BCUT2D eigenvalue weighted by atomic mass is 16.5. The minimum atomic E-state index is 0.279. The zero-order valence-corrected chi connectivity index (χ0v) is 9.21. The molecule has 14 heavy (non-hydrogen) atoms. The summed E-state index contributed by atoms with van der Waals surface area (Å²) in [7, 11) is 0. The van der Waals surface area contributed by atoms with Crippen molar-refractivity contribution in [1.29, 1.82) is 0 Å². The Hall–Kier alpha value is -0.790. The summed E-state index contributed by atoms with van der Waals surface area (Å²) in [6.45, 7) is 4.59. The molecule has 0 N–H and O–H groups in total. The predicted molar refractivity (Wildman–Crippen MR) is 57.0 cm³/mol. The lowest BCUT2D eigenvalue weighted by atomic mass is 9.95. The third-order valence-electron chi connectivity index (χ3n) is 2.82. The number of hydrogen-bond donors (Lipinski definition) is 0. The number of rotatable bonds is 5. The van der Waals surface area contributed by atoms with Crippen LogP contribution in [0.3, 0.4) is 0 Å². The average Bonchev–Trinajstić information content (AvgIpc) is 2.71. The van der Waals surface area contributed by atoms with E-state index in [-0.39, 0.29) is 5.92 Å². The van der Waals surface area contributed by atoms with Crippen LogP contribution in [-0.4, -0.2) is 12.4 Å². The molecule has 0 unspecified atom stereocenters. The molecular weight excluding hydrogens is 176 g/mol. The Labute approximate surface area is 86.3 Å². The van der Waals surface area contributed by atoms with Gasteiger partial charge in [0.1, 0.15) is 0 Å². The number of ether oxygens (including phenoxy) is 1. The molecule has 0 amide bonds. The van der Waals surface area contributed by atoms with Gasteiger partial charge in [-0.1, -0.05) is 19.8 Å². The monoisotopic (exact) mass is 196 g/mol. The van der Waals surface area contributed by atoms with Gasteiger partial charge in [0.2, 0.25) is 0 Å². The topological polar surface area (TPSA) is 26.3 Å². The van der Waals surface area contributed by atoms with E-state index in [4.69, 9.17) is 4.74 Å². The van der Waals surface area contributed by atoms with Crippen LogP contribution in [0, 0.1) is 5.92 Å². The van der Waals surface area contributed by atoms with Gasteiger partial charge in [-0.25, -0.2) is 0 Å². The van der Waals surface area contributed by atoms with Crippen LogP contribution < -0.4 is 0 Å². The molecular formula is C12H20O2. The molecule has 0 aliphatic heterocycles. The Morgan fingerprint density at radius 2 is 2.00 bits per heavy atom. The Balaban J connectivity index is 2.54. The largest absolute Gasteiger partial charge is 0.501 e. The van der Waals surface area contributed by atoms with Crippen LogP contribution in [0.1, 0.15) is 46.0 Å². The summed E-state index contributed by atoms with van der Waals surface area (Å²) in [6, 6.07) is 0. The van der Waals surface area contributed by atoms with E-state index in [9.17, 15) is 4.79 Å². The van der Waals surface area contributed by atoms with E-state index in [1.165, 1.54) is 12.8 Å². The number of carbonyl (C=O) groups excluding carboxylic acids is 1. The van der Waals surface area contributed by atoms with Crippen molar-refractivity contribution in [2.45, 2.75) is 46.0 Å². The first-order valence-electron chi connectivity index (χ1n) is 5.64. The first-order valence-corrected chi connectivity index (χ1v) is 5.64. The highest BCUT2D eigenvalue weighted by molar-refractivity contribution is 5.96. The zero-order chi connectivity index (χ0) is 10.4. The van der Waals surface area contributed by atoms with Gasteiger partial charge in [-0.15, -0.1) is 0 Å². The second-order valence-corrected chi connectivity index (χ2v) is 3.80. The Kier molecular flexibility index (Phi) is 4.71. The molecule has 1 aliphatic rings. The second kappa shape index (κ2) is 5.84. The lowest BCUT2D eigenvalue weighted by molar-refractivity contribution is -0.119. The molecule has 0 atom stereocenters. The molecule has 0 spiro atoms. The van der Waals surface area contributed by atoms with Crippen LogP contribution in [0.4, 0.5) is 0 Å². The van der Waals surface area contributed by atoms with Crippen LogP contribution in [0.5, 0.6) is 0 Å². The van der Waals surface area contributed by atoms with E-state index >= 15 is 0 Å². The van der Waals surface area contributed by atoms with Gasteiger partial charge < -0.3 is 4.74 Å². The summed E-state index contributed by atoms with van der Waals surface area (Å²) >= 11 is 0. The van der Waals surface area contributed by atoms with Crippen LogP contribution in [0.15, 0.2) is 11.8 Å². The molecule has 1 aliphatic carbocycles. The molecule has 1 rings (SSSR count). The van der Waals surface area contributed by atoms with Crippen LogP contribution in [-0.2, 0) is 9.53 Å². The van der Waals surface area contributed by atoms with Crippen LogP contribution in [0.2, 0.25) is 0 Å². The maximum atomic E-state index is 11.9. The summed E-state index contributed by atoms with van der Waals surface area (Å²) < 4.78 is 5.18. The Bertz CT molecular complexity index is 212. The number of carbonyl (C=O) groups is 1. The summed E-state index contributed by atoms with van der Waals surface area (Å²) in [5.74, 6) is 0.597. The summed E-state index contributed by atoms with van der Waals surface area (Å²) in [4.78, 5) is 11.9. The third-order valence-corrected chi connectivity index (χ3v) is 2.82. The van der Waals surface area contributed by atoms with Crippen molar-refractivity contribution in [3.63, 3.8) is 0 Å². The van der Waals surface area contributed by atoms with Gasteiger partial charge in [0.15, 0.2) is 5.78 Å². The average molecular weight is 196 g/mol. The highest BCUT2D eigenvalue weighted by Gasteiger charge is 2.24. The molecule has 0 aromatic carbocycles. The van der Waals surface area contributed by atoms with E-state index in [1.54, 1.807) is 6.26 Å². The van der Waals surface area contributed by atoms with Gasteiger partial charge >= 0.3 is 0 Å². The molecule has 1 fully saturated rings. The zero-order valence-electron chi connectivity index (χ0n) is 9.21. The van der Waals surface area contributed by atoms with E-state index in [2.05, 4.69) is 0 Å². The maximum absolute atomic E-state index is 11.9. The van der Waals surface area contributed by atoms with Gasteiger partial charge in [0.05, 0.1) is 12.9 Å². The second-order valence-electron chi connectivity index (χ2n) is 3.80. The number of ketones is 1. The number of hydrogen-bond acceptors (Lipinski definition) is 2. The maximum Gasteiger partial charge on any atom is 0.164 e. The van der Waals surface area contributed by atoms with Crippen molar-refractivity contribution in [1.82, 2.24) is 0 Å². The van der Waals surface area contributed by atoms with Gasteiger partial charge in [0, 0.05) is 11.5 Å². The first kappa shape index (κ1) is 11.3. The molecule has 2 heteroatoms. The van der Waals surface area contributed by atoms with Crippen molar-refractivity contribution in [3.8, 4) is 0 Å². The molecule has 0 heterocycles. The van der Waals surface area contributed by atoms with Gasteiger partial charge in [-0.05, 0) is 26.2 Å². The smallest absolute Gasteiger partial charge is 0.164 e. The van der Waals surface area contributed by atoms with Crippen molar-refractivity contribution in [2.75, 3.05) is 6.61 Å². The number of Topliss-reactive ketones (excluding diaryl/α,β-unsaturated/α-hetero) is 1. The molecule has 1 saturated carbocycles. The van der Waals surface area contributed by atoms with Gasteiger partial charge in [0.25, 0.3) is 0 Å². The minimum absolute atomic E-state index is 0.279. The van der Waals surface area contributed by atoms with Crippen LogP contribution >= 0.6 is 0 Å². The summed E-state index contributed by atoms with van der Waals surface area (Å²) in [5.41, 5.74) is 0.860. The minimum Gasteiger partial charge on any atom is -0.501 e. The van der Waals surface area contributed by atoms with Gasteiger partial charge in [-0.3, -0.25) is 4.79 Å².